The fraction of sp³-hybridized carbons (Fsp3) is 0.0909. The van der Waals surface area contributed by atoms with Gasteiger partial charge in [-0.2, -0.15) is 5.26 Å². The lowest BCUT2D eigenvalue weighted by Crippen LogP contribution is -1.98. The Morgan fingerprint density at radius 3 is 2.85 bits per heavy atom. The zero-order valence-electron chi connectivity index (χ0n) is 6.90. The number of allylic oxidation sites excluding steroid dienone is 1. The molecule has 0 aliphatic heterocycles. The minimum absolute atomic E-state index is 0.346. The summed E-state index contributed by atoms with van der Waals surface area (Å²) in [6.07, 6.45) is 2.59. The number of benzene rings is 1. The highest BCUT2D eigenvalue weighted by molar-refractivity contribution is 5.82. The normalized spacial score (nSPS) is 18.7. The monoisotopic (exact) mass is 169 g/mol. The molecule has 2 rings (SSSR count). The highest BCUT2D eigenvalue weighted by Crippen LogP contribution is 2.33. The maximum Gasteiger partial charge on any atom is 0.132 e. The quantitative estimate of drug-likeness (QED) is 0.602. The van der Waals surface area contributed by atoms with Crippen LogP contribution in [0.3, 0.4) is 0 Å². The second-order valence-electron chi connectivity index (χ2n) is 2.95. The Morgan fingerprint density at radius 2 is 2.15 bits per heavy atom. The van der Waals surface area contributed by atoms with E-state index in [-0.39, 0.29) is 5.92 Å². The van der Waals surface area contributed by atoms with Crippen molar-refractivity contribution in [3.8, 4) is 6.07 Å². The first kappa shape index (κ1) is 7.75. The van der Waals surface area contributed by atoms with Crippen LogP contribution in [0.4, 0.5) is 0 Å². The lowest BCUT2D eigenvalue weighted by Gasteiger charge is -2.02. The van der Waals surface area contributed by atoms with Crippen LogP contribution in [-0.4, -0.2) is 6.29 Å². The van der Waals surface area contributed by atoms with Crippen molar-refractivity contribution < 1.29 is 4.79 Å². The third-order valence-corrected chi connectivity index (χ3v) is 2.24. The molecule has 13 heavy (non-hydrogen) atoms. The lowest BCUT2D eigenvalue weighted by atomic mass is 9.98. The van der Waals surface area contributed by atoms with Crippen molar-refractivity contribution in [3.05, 3.63) is 41.0 Å². The molecule has 0 saturated carbocycles. The van der Waals surface area contributed by atoms with Gasteiger partial charge in [-0.15, -0.1) is 0 Å². The maximum atomic E-state index is 10.7. The summed E-state index contributed by atoms with van der Waals surface area (Å²) in [5.74, 6) is -0.346. The van der Waals surface area contributed by atoms with Crippen LogP contribution in [0, 0.1) is 11.3 Å². The second kappa shape index (κ2) is 2.87. The van der Waals surface area contributed by atoms with Gasteiger partial charge in [-0.25, -0.2) is 0 Å². The third-order valence-electron chi connectivity index (χ3n) is 2.24. The zero-order chi connectivity index (χ0) is 9.26. The first-order valence-electron chi connectivity index (χ1n) is 4.02. The van der Waals surface area contributed by atoms with Crippen molar-refractivity contribution in [1.82, 2.24) is 0 Å². The van der Waals surface area contributed by atoms with Gasteiger partial charge in [0, 0.05) is 5.57 Å². The molecule has 0 bridgehead atoms. The van der Waals surface area contributed by atoms with E-state index in [2.05, 4.69) is 0 Å². The average molecular weight is 169 g/mol. The number of nitrogens with zero attached hydrogens (tertiary/aromatic N) is 1. The molecule has 2 nitrogen and oxygen atoms in total. The molecule has 62 valence electrons. The van der Waals surface area contributed by atoms with E-state index in [0.717, 1.165) is 17.4 Å². The lowest BCUT2D eigenvalue weighted by molar-refractivity contribution is -0.108. The minimum Gasteiger partial charge on any atom is -0.302 e. The van der Waals surface area contributed by atoms with Crippen LogP contribution in [0.5, 0.6) is 0 Å². The van der Waals surface area contributed by atoms with Crippen molar-refractivity contribution in [2.45, 2.75) is 5.92 Å². The van der Waals surface area contributed by atoms with E-state index in [1.807, 2.05) is 30.3 Å². The van der Waals surface area contributed by atoms with Gasteiger partial charge in [0.2, 0.25) is 0 Å². The number of carbonyl (C=O) groups excluding carboxylic acids is 1. The molecule has 0 radical (unpaired) electrons. The highest BCUT2D eigenvalue weighted by Gasteiger charge is 2.23. The van der Waals surface area contributed by atoms with Crippen LogP contribution >= 0.6 is 0 Å². The summed E-state index contributed by atoms with van der Waals surface area (Å²) in [6.45, 7) is 0. The average Bonchev–Trinajstić information content (AvgIpc) is 2.55. The summed E-state index contributed by atoms with van der Waals surface area (Å²) in [5, 5.41) is 8.76. The Kier molecular flexibility index (Phi) is 1.71. The van der Waals surface area contributed by atoms with Gasteiger partial charge in [-0.05, 0) is 17.2 Å². The van der Waals surface area contributed by atoms with E-state index in [9.17, 15) is 4.79 Å². The second-order valence-corrected chi connectivity index (χ2v) is 2.95. The highest BCUT2D eigenvalue weighted by atomic mass is 16.1. The number of aldehydes is 1. The number of carbonyl (C=O) groups is 1. The predicted molar refractivity (Wildman–Crippen MR) is 48.8 cm³/mol. The largest absolute Gasteiger partial charge is 0.302 e. The van der Waals surface area contributed by atoms with E-state index in [1.165, 1.54) is 0 Å². The van der Waals surface area contributed by atoms with E-state index in [1.54, 1.807) is 6.08 Å². The molecule has 1 aromatic rings. The van der Waals surface area contributed by atoms with Crippen LogP contribution in [0.25, 0.3) is 6.08 Å². The first-order valence-corrected chi connectivity index (χ1v) is 4.02. The molecule has 0 amide bonds. The summed E-state index contributed by atoms with van der Waals surface area (Å²) >= 11 is 0. The van der Waals surface area contributed by atoms with E-state index in [4.69, 9.17) is 5.26 Å². The molecule has 1 unspecified atom stereocenters. The van der Waals surface area contributed by atoms with Gasteiger partial charge in [0.1, 0.15) is 6.29 Å². The van der Waals surface area contributed by atoms with Crippen LogP contribution < -0.4 is 0 Å². The van der Waals surface area contributed by atoms with Gasteiger partial charge in [0.05, 0.1) is 12.0 Å². The summed E-state index contributed by atoms with van der Waals surface area (Å²) in [7, 11) is 0. The minimum atomic E-state index is -0.346. The Labute approximate surface area is 76.1 Å². The SMILES string of the molecule is N#CC1=Cc2ccccc2C1C=O. The molecular weight excluding hydrogens is 162 g/mol. The number of nitriles is 1. The fourth-order valence-corrected chi connectivity index (χ4v) is 1.60. The van der Waals surface area contributed by atoms with Gasteiger partial charge in [0.15, 0.2) is 0 Å². The fourth-order valence-electron chi connectivity index (χ4n) is 1.60. The van der Waals surface area contributed by atoms with Crippen molar-refractivity contribution in [2.75, 3.05) is 0 Å². The summed E-state index contributed by atoms with van der Waals surface area (Å²) in [6, 6.07) is 9.62. The molecule has 0 spiro atoms. The summed E-state index contributed by atoms with van der Waals surface area (Å²) < 4.78 is 0. The number of rotatable bonds is 1. The molecule has 2 heteroatoms. The molecule has 0 heterocycles. The molecule has 1 aromatic carbocycles. The number of hydrogen-bond donors (Lipinski definition) is 0. The Bertz CT molecular complexity index is 426. The number of fused-ring (bicyclic) bond motifs is 1. The van der Waals surface area contributed by atoms with E-state index in [0.29, 0.717) is 5.57 Å². The van der Waals surface area contributed by atoms with Gasteiger partial charge in [0.25, 0.3) is 0 Å². The first-order chi connectivity index (χ1) is 6.36. The molecule has 0 saturated heterocycles. The van der Waals surface area contributed by atoms with Gasteiger partial charge >= 0.3 is 0 Å². The maximum absolute atomic E-state index is 10.7. The third kappa shape index (κ3) is 1.06. The van der Waals surface area contributed by atoms with Gasteiger partial charge in [-0.3, -0.25) is 0 Å². The standard InChI is InChI=1S/C11H7NO/c12-6-9-5-8-3-1-2-4-10(8)11(9)7-13/h1-5,7,11H. The topological polar surface area (TPSA) is 40.9 Å². The predicted octanol–water partition coefficient (Wildman–Crippen LogP) is 1.89. The van der Waals surface area contributed by atoms with Crippen molar-refractivity contribution in [1.29, 1.82) is 5.26 Å². The molecule has 0 fully saturated rings. The van der Waals surface area contributed by atoms with Crippen LogP contribution in [0.2, 0.25) is 0 Å². The van der Waals surface area contributed by atoms with Crippen molar-refractivity contribution >= 4 is 12.4 Å². The molecule has 1 aliphatic carbocycles. The molecule has 1 aliphatic rings. The van der Waals surface area contributed by atoms with Crippen molar-refractivity contribution in [3.63, 3.8) is 0 Å². The Morgan fingerprint density at radius 1 is 1.38 bits per heavy atom. The smallest absolute Gasteiger partial charge is 0.132 e. The van der Waals surface area contributed by atoms with E-state index >= 15 is 0 Å². The summed E-state index contributed by atoms with van der Waals surface area (Å²) in [4.78, 5) is 10.7. The molecule has 1 atom stereocenters. The zero-order valence-corrected chi connectivity index (χ0v) is 6.90. The summed E-state index contributed by atoms with van der Waals surface area (Å²) in [5.41, 5.74) is 2.46. The Hall–Kier alpha value is -1.88. The van der Waals surface area contributed by atoms with Crippen LogP contribution in [-0.2, 0) is 4.79 Å². The van der Waals surface area contributed by atoms with Crippen molar-refractivity contribution in [2.24, 2.45) is 0 Å². The Balaban J connectivity index is 2.58. The van der Waals surface area contributed by atoms with Gasteiger partial charge < -0.3 is 4.79 Å². The number of hydrogen-bond acceptors (Lipinski definition) is 2. The molecule has 0 aromatic heterocycles. The van der Waals surface area contributed by atoms with E-state index < -0.39 is 0 Å². The molecular formula is C11H7NO. The van der Waals surface area contributed by atoms with Crippen LogP contribution in [0.15, 0.2) is 29.8 Å². The molecule has 0 N–H and O–H groups in total. The van der Waals surface area contributed by atoms with Gasteiger partial charge in [-0.1, -0.05) is 24.3 Å². The van der Waals surface area contributed by atoms with Crippen LogP contribution in [0.1, 0.15) is 17.0 Å².